The monoisotopic (exact) mass is 430 g/mol. The molecule has 0 aliphatic rings. The number of nitrogens with one attached hydrogen (secondary N) is 2. The third kappa shape index (κ3) is 5.35. The lowest BCUT2D eigenvalue weighted by molar-refractivity contribution is 0.102. The summed E-state index contributed by atoms with van der Waals surface area (Å²) in [6, 6.07) is 19.8. The fraction of sp³-hybridized carbons (Fsp3) is 0.0952. The Balaban J connectivity index is 1.87. The Hall–Kier alpha value is -2.87. The van der Waals surface area contributed by atoms with Crippen molar-refractivity contribution in [3.05, 3.63) is 83.4 Å². The van der Waals surface area contributed by atoms with Crippen LogP contribution in [-0.2, 0) is 10.0 Å². The predicted molar refractivity (Wildman–Crippen MR) is 113 cm³/mol. The number of sulfonamides is 1. The molecule has 150 valence electrons. The SMILES string of the molecule is CCNS(=O)(=O)c1cccc(C(=O)Nc2cc(Cl)ccc2Oc2ccccc2)c1. The first kappa shape index (κ1) is 20.9. The zero-order valence-electron chi connectivity index (χ0n) is 15.6. The molecular weight excluding hydrogens is 412 g/mol. The summed E-state index contributed by atoms with van der Waals surface area (Å²) >= 11 is 6.07. The quantitative estimate of drug-likeness (QED) is 0.569. The lowest BCUT2D eigenvalue weighted by Crippen LogP contribution is -2.23. The van der Waals surface area contributed by atoms with Gasteiger partial charge < -0.3 is 10.1 Å². The molecule has 29 heavy (non-hydrogen) atoms. The van der Waals surface area contributed by atoms with E-state index >= 15 is 0 Å². The Morgan fingerprint density at radius 1 is 1.00 bits per heavy atom. The molecule has 0 spiro atoms. The van der Waals surface area contributed by atoms with Gasteiger partial charge >= 0.3 is 0 Å². The van der Waals surface area contributed by atoms with Crippen molar-refractivity contribution in [2.45, 2.75) is 11.8 Å². The number of ether oxygens (including phenoxy) is 1. The molecule has 0 unspecified atom stereocenters. The van der Waals surface area contributed by atoms with Crippen molar-refractivity contribution in [3.8, 4) is 11.5 Å². The number of halogens is 1. The topological polar surface area (TPSA) is 84.5 Å². The van der Waals surface area contributed by atoms with Crippen molar-refractivity contribution in [2.24, 2.45) is 0 Å². The Kier molecular flexibility index (Phi) is 6.53. The van der Waals surface area contributed by atoms with Crippen LogP contribution in [0.5, 0.6) is 11.5 Å². The van der Waals surface area contributed by atoms with E-state index in [1.165, 1.54) is 24.3 Å². The molecular formula is C21H19ClN2O4S. The number of amides is 1. The molecule has 0 bridgehead atoms. The van der Waals surface area contributed by atoms with Gasteiger partial charge in [-0.2, -0.15) is 0 Å². The summed E-state index contributed by atoms with van der Waals surface area (Å²) < 4.78 is 32.6. The molecule has 0 radical (unpaired) electrons. The number of carbonyl (C=O) groups excluding carboxylic acids is 1. The van der Waals surface area contributed by atoms with Crippen LogP contribution in [0.15, 0.2) is 77.7 Å². The second kappa shape index (κ2) is 9.09. The van der Waals surface area contributed by atoms with E-state index in [0.717, 1.165) is 0 Å². The molecule has 0 atom stereocenters. The number of hydrogen-bond acceptors (Lipinski definition) is 4. The van der Waals surface area contributed by atoms with Gasteiger partial charge in [-0.25, -0.2) is 13.1 Å². The van der Waals surface area contributed by atoms with Gasteiger partial charge in [0.25, 0.3) is 5.91 Å². The van der Waals surface area contributed by atoms with Crippen LogP contribution >= 0.6 is 11.6 Å². The molecule has 0 saturated heterocycles. The van der Waals surface area contributed by atoms with Gasteiger partial charge in [0.15, 0.2) is 5.75 Å². The first-order valence-electron chi connectivity index (χ1n) is 8.82. The third-order valence-electron chi connectivity index (χ3n) is 3.90. The molecule has 3 aromatic rings. The summed E-state index contributed by atoms with van der Waals surface area (Å²) in [5, 5.41) is 3.16. The lowest BCUT2D eigenvalue weighted by Gasteiger charge is -2.13. The van der Waals surface area contributed by atoms with Crippen LogP contribution < -0.4 is 14.8 Å². The van der Waals surface area contributed by atoms with Gasteiger partial charge in [0.2, 0.25) is 10.0 Å². The fourth-order valence-electron chi connectivity index (χ4n) is 2.58. The molecule has 2 N–H and O–H groups in total. The first-order valence-corrected chi connectivity index (χ1v) is 10.7. The van der Waals surface area contributed by atoms with Crippen LogP contribution in [0, 0.1) is 0 Å². The van der Waals surface area contributed by atoms with Crippen molar-refractivity contribution >= 4 is 33.2 Å². The zero-order chi connectivity index (χ0) is 20.9. The molecule has 0 aromatic heterocycles. The van der Waals surface area contributed by atoms with Crippen LogP contribution in [-0.4, -0.2) is 20.9 Å². The minimum absolute atomic E-state index is 0.0128. The fourth-order valence-corrected chi connectivity index (χ4v) is 3.84. The number of rotatable bonds is 7. The number of anilines is 1. The third-order valence-corrected chi connectivity index (χ3v) is 5.68. The van der Waals surface area contributed by atoms with Gasteiger partial charge in [0.05, 0.1) is 10.6 Å². The van der Waals surface area contributed by atoms with E-state index < -0.39 is 15.9 Å². The molecule has 0 aliphatic carbocycles. The van der Waals surface area contributed by atoms with Crippen LogP contribution in [0.4, 0.5) is 5.69 Å². The molecule has 0 saturated carbocycles. The first-order chi connectivity index (χ1) is 13.9. The Bertz CT molecular complexity index is 1120. The maximum Gasteiger partial charge on any atom is 0.255 e. The highest BCUT2D eigenvalue weighted by atomic mass is 35.5. The predicted octanol–water partition coefficient (Wildman–Crippen LogP) is 4.68. The zero-order valence-corrected chi connectivity index (χ0v) is 17.1. The van der Waals surface area contributed by atoms with Crippen LogP contribution in [0.2, 0.25) is 5.02 Å². The Morgan fingerprint density at radius 2 is 1.76 bits per heavy atom. The molecule has 6 nitrogen and oxygen atoms in total. The van der Waals surface area contributed by atoms with E-state index in [2.05, 4.69) is 10.0 Å². The van der Waals surface area contributed by atoms with E-state index in [1.807, 2.05) is 18.2 Å². The maximum atomic E-state index is 12.7. The highest BCUT2D eigenvalue weighted by Gasteiger charge is 2.16. The number of carbonyl (C=O) groups is 1. The molecule has 0 heterocycles. The van der Waals surface area contributed by atoms with Gasteiger partial charge in [0.1, 0.15) is 5.75 Å². The summed E-state index contributed by atoms with van der Waals surface area (Å²) in [5.41, 5.74) is 0.556. The van der Waals surface area contributed by atoms with E-state index in [9.17, 15) is 13.2 Å². The van der Waals surface area contributed by atoms with Crippen LogP contribution in [0.25, 0.3) is 0 Å². The highest BCUT2D eigenvalue weighted by molar-refractivity contribution is 7.89. The normalized spacial score (nSPS) is 11.1. The molecule has 0 fully saturated rings. The summed E-state index contributed by atoms with van der Waals surface area (Å²) in [4.78, 5) is 12.8. The molecule has 3 rings (SSSR count). The highest BCUT2D eigenvalue weighted by Crippen LogP contribution is 2.32. The van der Waals surface area contributed by atoms with E-state index in [4.69, 9.17) is 16.3 Å². The van der Waals surface area contributed by atoms with Gasteiger partial charge in [0, 0.05) is 17.1 Å². The van der Waals surface area contributed by atoms with Crippen molar-refractivity contribution < 1.29 is 17.9 Å². The smallest absolute Gasteiger partial charge is 0.255 e. The standard InChI is InChI=1S/C21H19ClN2O4S/c1-2-23-29(26,27)18-10-6-7-15(13-18)21(25)24-19-14-16(22)11-12-20(19)28-17-8-4-3-5-9-17/h3-14,23H,2H2,1H3,(H,24,25). The summed E-state index contributed by atoms with van der Waals surface area (Å²) in [5.74, 6) is 0.521. The van der Waals surface area contributed by atoms with E-state index in [-0.39, 0.29) is 17.0 Å². The number of benzene rings is 3. The van der Waals surface area contributed by atoms with Gasteiger partial charge in [-0.05, 0) is 48.5 Å². The van der Waals surface area contributed by atoms with Crippen LogP contribution in [0.1, 0.15) is 17.3 Å². The second-order valence-electron chi connectivity index (χ2n) is 6.04. The van der Waals surface area contributed by atoms with Gasteiger partial charge in [-0.15, -0.1) is 0 Å². The second-order valence-corrected chi connectivity index (χ2v) is 8.24. The summed E-state index contributed by atoms with van der Waals surface area (Å²) in [7, 11) is -3.67. The lowest BCUT2D eigenvalue weighted by atomic mass is 10.2. The van der Waals surface area contributed by atoms with Gasteiger partial charge in [-0.3, -0.25) is 4.79 Å². The average Bonchev–Trinajstić information content (AvgIpc) is 2.71. The van der Waals surface area contributed by atoms with E-state index in [1.54, 1.807) is 37.3 Å². The van der Waals surface area contributed by atoms with Crippen LogP contribution in [0.3, 0.4) is 0 Å². The van der Waals surface area contributed by atoms with Crippen molar-refractivity contribution in [2.75, 3.05) is 11.9 Å². The molecule has 1 amide bonds. The van der Waals surface area contributed by atoms with Crippen molar-refractivity contribution in [1.82, 2.24) is 4.72 Å². The molecule has 0 aliphatic heterocycles. The van der Waals surface area contributed by atoms with E-state index in [0.29, 0.717) is 22.2 Å². The molecule has 3 aromatic carbocycles. The maximum absolute atomic E-state index is 12.7. The number of para-hydroxylation sites is 1. The molecule has 8 heteroatoms. The average molecular weight is 431 g/mol. The minimum atomic E-state index is -3.67. The number of hydrogen-bond donors (Lipinski definition) is 2. The minimum Gasteiger partial charge on any atom is -0.455 e. The van der Waals surface area contributed by atoms with Gasteiger partial charge in [-0.1, -0.05) is 42.8 Å². The largest absolute Gasteiger partial charge is 0.455 e. The van der Waals surface area contributed by atoms with Crippen molar-refractivity contribution in [3.63, 3.8) is 0 Å². The Morgan fingerprint density at radius 3 is 2.48 bits per heavy atom. The van der Waals surface area contributed by atoms with Crippen molar-refractivity contribution in [1.29, 1.82) is 0 Å². The Labute approximate surface area is 174 Å². The summed E-state index contributed by atoms with van der Waals surface area (Å²) in [6.07, 6.45) is 0. The summed E-state index contributed by atoms with van der Waals surface area (Å²) in [6.45, 7) is 1.93.